The Bertz CT molecular complexity index is 628. The molecule has 20 heavy (non-hydrogen) atoms. The summed E-state index contributed by atoms with van der Waals surface area (Å²) in [7, 11) is 0. The molecule has 2 aromatic rings. The van der Waals surface area contributed by atoms with Crippen LogP contribution in [0.2, 0.25) is 5.15 Å². The second kappa shape index (κ2) is 5.14. The maximum atomic E-state index is 6.24. The van der Waals surface area contributed by atoms with Gasteiger partial charge in [0.1, 0.15) is 16.5 Å². The van der Waals surface area contributed by atoms with Crippen LogP contribution in [0.5, 0.6) is 0 Å². The Kier molecular flexibility index (Phi) is 3.48. The molecule has 1 aliphatic rings. The van der Waals surface area contributed by atoms with Crippen LogP contribution in [0, 0.1) is 0 Å². The van der Waals surface area contributed by atoms with Crippen molar-refractivity contribution in [2.45, 2.75) is 31.7 Å². The van der Waals surface area contributed by atoms with Crippen molar-refractivity contribution >= 4 is 28.6 Å². The molecule has 0 aromatic carbocycles. The van der Waals surface area contributed by atoms with Crippen molar-refractivity contribution < 1.29 is 0 Å². The summed E-state index contributed by atoms with van der Waals surface area (Å²) in [5, 5.41) is 0.438. The van der Waals surface area contributed by atoms with Crippen molar-refractivity contribution in [3.63, 3.8) is 0 Å². The molecule has 1 fully saturated rings. The number of nitrogens with zero attached hydrogens (tertiary/aromatic N) is 4. The van der Waals surface area contributed by atoms with Crippen molar-refractivity contribution in [1.29, 1.82) is 0 Å². The third-order valence-corrected chi connectivity index (χ3v) is 4.02. The lowest BCUT2D eigenvalue weighted by Crippen LogP contribution is -2.37. The quantitative estimate of drug-likeness (QED) is 0.817. The highest BCUT2D eigenvalue weighted by atomic mass is 35.5. The van der Waals surface area contributed by atoms with E-state index in [9.17, 15) is 0 Å². The van der Waals surface area contributed by atoms with Crippen LogP contribution in [0.4, 0.5) is 5.82 Å². The zero-order valence-electron chi connectivity index (χ0n) is 11.5. The van der Waals surface area contributed by atoms with Gasteiger partial charge in [0, 0.05) is 18.6 Å². The molecule has 3 heterocycles. The lowest BCUT2D eigenvalue weighted by Gasteiger charge is -2.23. The molecule has 0 radical (unpaired) electrons. The topological polar surface area (TPSA) is 67.9 Å². The molecule has 0 spiro atoms. The molecule has 3 rings (SSSR count). The predicted molar refractivity (Wildman–Crippen MR) is 81.0 cm³/mol. The highest BCUT2D eigenvalue weighted by Crippen LogP contribution is 2.23. The fourth-order valence-corrected chi connectivity index (χ4v) is 2.70. The smallest absolute Gasteiger partial charge is 0.179 e. The molecule has 5 nitrogen and oxygen atoms in total. The van der Waals surface area contributed by atoms with E-state index in [1.54, 1.807) is 12.3 Å². The van der Waals surface area contributed by atoms with Crippen LogP contribution in [0.25, 0.3) is 11.2 Å². The third-order valence-electron chi connectivity index (χ3n) is 3.81. The van der Waals surface area contributed by atoms with Gasteiger partial charge in [0.05, 0.1) is 6.20 Å². The van der Waals surface area contributed by atoms with Gasteiger partial charge in [-0.05, 0) is 38.3 Å². The van der Waals surface area contributed by atoms with E-state index >= 15 is 0 Å². The van der Waals surface area contributed by atoms with Gasteiger partial charge < -0.3 is 10.6 Å². The molecule has 2 aromatic heterocycles. The van der Waals surface area contributed by atoms with Gasteiger partial charge in [-0.25, -0.2) is 15.0 Å². The molecular formula is C14H18ClN5. The molecule has 0 aliphatic carbocycles. The lowest BCUT2D eigenvalue weighted by molar-refractivity contribution is 0.421. The minimum atomic E-state index is -0.0753. The first-order valence-electron chi connectivity index (χ1n) is 6.87. The number of halogens is 1. The summed E-state index contributed by atoms with van der Waals surface area (Å²) in [6, 6.07) is 3.59. The average Bonchev–Trinajstić information content (AvgIpc) is 2.59. The van der Waals surface area contributed by atoms with Gasteiger partial charge in [0.15, 0.2) is 5.65 Å². The Morgan fingerprint density at radius 1 is 1.25 bits per heavy atom. The van der Waals surface area contributed by atoms with Crippen LogP contribution in [-0.2, 0) is 0 Å². The summed E-state index contributed by atoms with van der Waals surface area (Å²) in [6.45, 7) is 4.00. The Labute approximate surface area is 123 Å². The van der Waals surface area contributed by atoms with E-state index < -0.39 is 0 Å². The van der Waals surface area contributed by atoms with Crippen molar-refractivity contribution in [3.8, 4) is 0 Å². The summed E-state index contributed by atoms with van der Waals surface area (Å²) < 4.78 is 0. The van der Waals surface area contributed by atoms with E-state index in [0.29, 0.717) is 10.8 Å². The molecule has 106 valence electrons. The van der Waals surface area contributed by atoms with Crippen LogP contribution >= 0.6 is 11.6 Å². The SMILES string of the molecule is CC1(N)CCCN(c2cnc3nc(Cl)ccc3n2)CC1. The summed E-state index contributed by atoms with van der Waals surface area (Å²) in [4.78, 5) is 15.4. The van der Waals surface area contributed by atoms with Gasteiger partial charge in [0.25, 0.3) is 0 Å². The third kappa shape index (κ3) is 2.83. The Hall–Kier alpha value is -1.46. The normalized spacial score (nSPS) is 23.9. The number of rotatable bonds is 1. The van der Waals surface area contributed by atoms with Crippen molar-refractivity contribution in [1.82, 2.24) is 15.0 Å². The minimum absolute atomic E-state index is 0.0753. The van der Waals surface area contributed by atoms with Gasteiger partial charge in [-0.3, -0.25) is 0 Å². The van der Waals surface area contributed by atoms with Crippen LogP contribution in [0.15, 0.2) is 18.3 Å². The number of fused-ring (bicyclic) bond motifs is 1. The molecule has 2 N–H and O–H groups in total. The van der Waals surface area contributed by atoms with E-state index in [1.807, 2.05) is 6.07 Å². The molecule has 1 saturated heterocycles. The average molecular weight is 292 g/mol. The van der Waals surface area contributed by atoms with Gasteiger partial charge in [-0.1, -0.05) is 11.6 Å². The second-order valence-corrected chi connectivity index (χ2v) is 6.09. The molecule has 0 saturated carbocycles. The van der Waals surface area contributed by atoms with Crippen molar-refractivity contribution in [2.24, 2.45) is 5.73 Å². The fourth-order valence-electron chi connectivity index (χ4n) is 2.55. The number of nitrogens with two attached hydrogens (primary N) is 1. The van der Waals surface area contributed by atoms with E-state index in [4.69, 9.17) is 17.3 Å². The number of hydrogen-bond acceptors (Lipinski definition) is 5. The molecule has 6 heteroatoms. The van der Waals surface area contributed by atoms with Crippen LogP contribution in [-0.4, -0.2) is 33.6 Å². The zero-order chi connectivity index (χ0) is 14.2. The molecule has 1 unspecified atom stereocenters. The van der Waals surface area contributed by atoms with E-state index in [-0.39, 0.29) is 5.54 Å². The molecule has 0 amide bonds. The first kappa shape index (κ1) is 13.5. The summed E-state index contributed by atoms with van der Waals surface area (Å²) in [5.74, 6) is 0.888. The van der Waals surface area contributed by atoms with Gasteiger partial charge in [-0.2, -0.15) is 0 Å². The molecule has 1 aliphatic heterocycles. The first-order valence-corrected chi connectivity index (χ1v) is 7.24. The molecule has 0 bridgehead atoms. The zero-order valence-corrected chi connectivity index (χ0v) is 12.3. The Morgan fingerprint density at radius 2 is 2.10 bits per heavy atom. The number of pyridine rings is 1. The monoisotopic (exact) mass is 291 g/mol. The molecular weight excluding hydrogens is 274 g/mol. The van der Waals surface area contributed by atoms with Crippen molar-refractivity contribution in [3.05, 3.63) is 23.5 Å². The maximum Gasteiger partial charge on any atom is 0.179 e. The number of aromatic nitrogens is 3. The minimum Gasteiger partial charge on any atom is -0.355 e. The van der Waals surface area contributed by atoms with Gasteiger partial charge >= 0.3 is 0 Å². The Morgan fingerprint density at radius 3 is 2.95 bits per heavy atom. The number of anilines is 1. The predicted octanol–water partition coefficient (Wildman–Crippen LogP) is 2.39. The Balaban J connectivity index is 1.88. The van der Waals surface area contributed by atoms with Crippen molar-refractivity contribution in [2.75, 3.05) is 18.0 Å². The fraction of sp³-hybridized carbons (Fsp3) is 0.500. The van der Waals surface area contributed by atoms with Crippen LogP contribution in [0.1, 0.15) is 26.2 Å². The first-order chi connectivity index (χ1) is 9.53. The largest absolute Gasteiger partial charge is 0.355 e. The highest BCUT2D eigenvalue weighted by molar-refractivity contribution is 6.29. The van der Waals surface area contributed by atoms with E-state index in [1.165, 1.54) is 0 Å². The molecule has 1 atom stereocenters. The van der Waals surface area contributed by atoms with Gasteiger partial charge in [0.2, 0.25) is 0 Å². The van der Waals surface area contributed by atoms with E-state index in [2.05, 4.69) is 26.8 Å². The highest BCUT2D eigenvalue weighted by Gasteiger charge is 2.24. The lowest BCUT2D eigenvalue weighted by atomic mass is 9.95. The standard InChI is InChI=1S/C14H18ClN5/c1-14(16)5-2-7-20(8-6-14)12-9-17-13-10(18-12)3-4-11(15)19-13/h3-4,9H,2,5-8,16H2,1H3. The maximum absolute atomic E-state index is 6.24. The van der Waals surface area contributed by atoms with Crippen LogP contribution in [0.3, 0.4) is 0 Å². The summed E-state index contributed by atoms with van der Waals surface area (Å²) in [5.41, 5.74) is 7.52. The van der Waals surface area contributed by atoms with Crippen LogP contribution < -0.4 is 10.6 Å². The van der Waals surface area contributed by atoms with Gasteiger partial charge in [-0.15, -0.1) is 0 Å². The summed E-state index contributed by atoms with van der Waals surface area (Å²) >= 11 is 5.86. The second-order valence-electron chi connectivity index (χ2n) is 5.70. The van der Waals surface area contributed by atoms with E-state index in [0.717, 1.165) is 43.7 Å². The summed E-state index contributed by atoms with van der Waals surface area (Å²) in [6.07, 6.45) is 4.85. The number of hydrogen-bond donors (Lipinski definition) is 1.